The van der Waals surface area contributed by atoms with E-state index in [-0.39, 0.29) is 5.41 Å². The lowest BCUT2D eigenvalue weighted by atomic mass is 9.78. The molecule has 0 aliphatic carbocycles. The summed E-state index contributed by atoms with van der Waals surface area (Å²) in [6.45, 7) is 10.7. The van der Waals surface area contributed by atoms with E-state index in [0.29, 0.717) is 6.61 Å². The van der Waals surface area contributed by atoms with Crippen LogP contribution in [0.15, 0.2) is 48.5 Å². The van der Waals surface area contributed by atoms with Crippen molar-refractivity contribution in [3.63, 3.8) is 0 Å². The SMILES string of the molecule is C[CH]Oc1ccc(C(C)(C)c2ccc(OCC)cc2)cc1. The van der Waals surface area contributed by atoms with Gasteiger partial charge in [0.1, 0.15) is 18.1 Å². The van der Waals surface area contributed by atoms with Gasteiger partial charge in [-0.05, 0) is 49.2 Å². The van der Waals surface area contributed by atoms with E-state index in [1.807, 2.05) is 38.1 Å². The van der Waals surface area contributed by atoms with Gasteiger partial charge in [0.15, 0.2) is 0 Å². The second-order valence-electron chi connectivity index (χ2n) is 5.46. The molecule has 21 heavy (non-hydrogen) atoms. The van der Waals surface area contributed by atoms with Gasteiger partial charge in [0.25, 0.3) is 0 Å². The topological polar surface area (TPSA) is 18.5 Å². The fraction of sp³-hybridized carbons (Fsp3) is 0.316. The summed E-state index contributed by atoms with van der Waals surface area (Å²) in [7, 11) is 0. The lowest BCUT2D eigenvalue weighted by Gasteiger charge is -2.26. The molecule has 0 amide bonds. The predicted octanol–water partition coefficient (Wildman–Crippen LogP) is 4.97. The molecule has 0 saturated heterocycles. The van der Waals surface area contributed by atoms with Crippen molar-refractivity contribution < 1.29 is 9.47 Å². The summed E-state index contributed by atoms with van der Waals surface area (Å²) in [5.74, 6) is 1.78. The van der Waals surface area contributed by atoms with Crippen LogP contribution in [0.4, 0.5) is 0 Å². The van der Waals surface area contributed by atoms with E-state index in [4.69, 9.17) is 9.47 Å². The fourth-order valence-electron chi connectivity index (χ4n) is 2.39. The van der Waals surface area contributed by atoms with Crippen molar-refractivity contribution >= 4 is 0 Å². The Morgan fingerprint density at radius 3 is 1.76 bits per heavy atom. The van der Waals surface area contributed by atoms with Gasteiger partial charge in [-0.15, -0.1) is 0 Å². The van der Waals surface area contributed by atoms with Crippen LogP contribution in [0.5, 0.6) is 11.5 Å². The first-order valence-corrected chi connectivity index (χ1v) is 7.36. The van der Waals surface area contributed by atoms with E-state index in [9.17, 15) is 0 Å². The van der Waals surface area contributed by atoms with Gasteiger partial charge in [-0.25, -0.2) is 0 Å². The van der Waals surface area contributed by atoms with Gasteiger partial charge in [-0.2, -0.15) is 0 Å². The molecule has 2 heteroatoms. The van der Waals surface area contributed by atoms with Gasteiger partial charge in [0, 0.05) is 5.41 Å². The molecule has 0 heterocycles. The van der Waals surface area contributed by atoms with Crippen molar-refractivity contribution in [2.24, 2.45) is 0 Å². The van der Waals surface area contributed by atoms with Crippen LogP contribution in [-0.2, 0) is 5.41 Å². The van der Waals surface area contributed by atoms with Crippen LogP contribution in [0.25, 0.3) is 0 Å². The summed E-state index contributed by atoms with van der Waals surface area (Å²) in [6.07, 6.45) is 0. The van der Waals surface area contributed by atoms with Crippen LogP contribution in [0.3, 0.4) is 0 Å². The normalized spacial score (nSPS) is 11.2. The summed E-state index contributed by atoms with van der Waals surface area (Å²) in [4.78, 5) is 0. The van der Waals surface area contributed by atoms with Gasteiger partial charge < -0.3 is 9.47 Å². The highest BCUT2D eigenvalue weighted by atomic mass is 16.5. The molecule has 2 aromatic rings. The van der Waals surface area contributed by atoms with Gasteiger partial charge in [0.2, 0.25) is 0 Å². The number of ether oxygens (including phenoxy) is 2. The molecule has 0 unspecified atom stereocenters. The summed E-state index contributed by atoms with van der Waals surface area (Å²) in [5.41, 5.74) is 2.47. The van der Waals surface area contributed by atoms with Crippen molar-refractivity contribution in [3.05, 3.63) is 66.3 Å². The standard InChI is InChI=1S/C19H23O2/c1-5-20-17-11-7-15(8-12-17)19(3,4)16-9-13-18(14-10-16)21-6-2/h5,7-14H,6H2,1-4H3. The molecular weight excluding hydrogens is 260 g/mol. The van der Waals surface area contributed by atoms with Gasteiger partial charge in [0.05, 0.1) is 6.61 Å². The van der Waals surface area contributed by atoms with Crippen molar-refractivity contribution in [3.8, 4) is 11.5 Å². The van der Waals surface area contributed by atoms with Crippen LogP contribution in [0.1, 0.15) is 38.8 Å². The first-order valence-electron chi connectivity index (χ1n) is 7.36. The van der Waals surface area contributed by atoms with Crippen LogP contribution in [0.2, 0.25) is 0 Å². The lowest BCUT2D eigenvalue weighted by Crippen LogP contribution is -2.18. The van der Waals surface area contributed by atoms with Crippen molar-refractivity contribution in [1.29, 1.82) is 0 Å². The molecule has 0 aliphatic rings. The predicted molar refractivity (Wildman–Crippen MR) is 86.8 cm³/mol. The fourth-order valence-corrected chi connectivity index (χ4v) is 2.39. The van der Waals surface area contributed by atoms with Crippen LogP contribution >= 0.6 is 0 Å². The molecule has 2 rings (SSSR count). The van der Waals surface area contributed by atoms with Gasteiger partial charge in [-0.3, -0.25) is 0 Å². The monoisotopic (exact) mass is 283 g/mol. The third-order valence-corrected chi connectivity index (χ3v) is 3.72. The van der Waals surface area contributed by atoms with E-state index in [0.717, 1.165) is 11.5 Å². The maximum absolute atomic E-state index is 5.50. The smallest absolute Gasteiger partial charge is 0.132 e. The van der Waals surface area contributed by atoms with Gasteiger partial charge >= 0.3 is 0 Å². The Bertz CT molecular complexity index is 502. The van der Waals surface area contributed by atoms with E-state index in [1.165, 1.54) is 11.1 Å². The highest BCUT2D eigenvalue weighted by Crippen LogP contribution is 2.33. The zero-order valence-corrected chi connectivity index (χ0v) is 13.2. The molecule has 111 valence electrons. The van der Waals surface area contributed by atoms with Crippen molar-refractivity contribution in [1.82, 2.24) is 0 Å². The quantitative estimate of drug-likeness (QED) is 0.745. The van der Waals surface area contributed by atoms with Crippen molar-refractivity contribution in [2.45, 2.75) is 33.1 Å². The van der Waals surface area contributed by atoms with E-state index >= 15 is 0 Å². The number of hydrogen-bond acceptors (Lipinski definition) is 2. The maximum atomic E-state index is 5.50. The Morgan fingerprint density at radius 1 is 0.857 bits per heavy atom. The third kappa shape index (κ3) is 3.57. The molecule has 0 N–H and O–H groups in total. The van der Waals surface area contributed by atoms with E-state index in [2.05, 4.69) is 38.1 Å². The Hall–Kier alpha value is -1.96. The first-order chi connectivity index (χ1) is 10.1. The molecule has 1 radical (unpaired) electrons. The van der Waals surface area contributed by atoms with Gasteiger partial charge in [-0.1, -0.05) is 38.1 Å². The van der Waals surface area contributed by atoms with Crippen molar-refractivity contribution in [2.75, 3.05) is 6.61 Å². The zero-order valence-electron chi connectivity index (χ0n) is 13.2. The summed E-state index contributed by atoms with van der Waals surface area (Å²) in [5, 5.41) is 0. The second-order valence-corrected chi connectivity index (χ2v) is 5.46. The highest BCUT2D eigenvalue weighted by molar-refractivity contribution is 5.41. The molecule has 0 bridgehead atoms. The molecule has 0 saturated carbocycles. The molecule has 0 spiro atoms. The Morgan fingerprint density at radius 2 is 1.33 bits per heavy atom. The van der Waals surface area contributed by atoms with Crippen LogP contribution in [-0.4, -0.2) is 6.61 Å². The summed E-state index contributed by atoms with van der Waals surface area (Å²) >= 11 is 0. The zero-order chi connectivity index (χ0) is 15.3. The average molecular weight is 283 g/mol. The average Bonchev–Trinajstić information content (AvgIpc) is 2.49. The van der Waals surface area contributed by atoms with Crippen LogP contribution < -0.4 is 9.47 Å². The summed E-state index contributed by atoms with van der Waals surface area (Å²) in [6, 6.07) is 16.6. The number of benzene rings is 2. The molecule has 2 nitrogen and oxygen atoms in total. The van der Waals surface area contributed by atoms with E-state index < -0.39 is 0 Å². The second kappa shape index (κ2) is 6.66. The molecule has 0 aromatic heterocycles. The molecule has 0 fully saturated rings. The Kier molecular flexibility index (Phi) is 4.89. The molecular formula is C19H23O2. The first kappa shape index (κ1) is 15.4. The molecule has 0 aliphatic heterocycles. The minimum absolute atomic E-state index is 0.0563. The van der Waals surface area contributed by atoms with Crippen LogP contribution in [0, 0.1) is 6.61 Å². The minimum Gasteiger partial charge on any atom is -0.494 e. The third-order valence-electron chi connectivity index (χ3n) is 3.72. The summed E-state index contributed by atoms with van der Waals surface area (Å²) < 4.78 is 10.9. The highest BCUT2D eigenvalue weighted by Gasteiger charge is 2.23. The Balaban J connectivity index is 2.23. The Labute approximate surface area is 127 Å². The van der Waals surface area contributed by atoms with E-state index in [1.54, 1.807) is 6.61 Å². The lowest BCUT2D eigenvalue weighted by molar-refractivity contribution is 0.340. The molecule has 0 atom stereocenters. The maximum Gasteiger partial charge on any atom is 0.132 e. The largest absolute Gasteiger partial charge is 0.494 e. The minimum atomic E-state index is -0.0563. The molecule has 2 aromatic carbocycles. The number of hydrogen-bond donors (Lipinski definition) is 0. The number of rotatable bonds is 6.